The van der Waals surface area contributed by atoms with Gasteiger partial charge < -0.3 is 18.3 Å². The second-order valence-corrected chi connectivity index (χ2v) is 12.2. The number of benzene rings is 4. The number of fused-ring (bicyclic) bond motifs is 3. The molecule has 0 atom stereocenters. The van der Waals surface area contributed by atoms with Crippen molar-refractivity contribution in [3.8, 4) is 17.2 Å². The van der Waals surface area contributed by atoms with Crippen LogP contribution in [0.2, 0.25) is 0 Å². The van der Waals surface area contributed by atoms with Crippen LogP contribution in [0, 0.1) is 47.9 Å². The van der Waals surface area contributed by atoms with Crippen LogP contribution in [-0.2, 0) is 6.98 Å². The first-order valence-electron chi connectivity index (χ1n) is 16.7. The van der Waals surface area contributed by atoms with Crippen LogP contribution in [0.1, 0.15) is 37.5 Å². The number of rotatable bonds is 6. The summed E-state index contributed by atoms with van der Waals surface area (Å²) in [6, 6.07) is 27.1. The van der Waals surface area contributed by atoms with E-state index < -0.39 is 6.98 Å². The van der Waals surface area contributed by atoms with Gasteiger partial charge in [0.2, 0.25) is 6.33 Å². The van der Waals surface area contributed by atoms with Crippen LogP contribution in [0.5, 0.6) is 11.5 Å². The normalized spacial score (nSPS) is 12.7. The van der Waals surface area contributed by atoms with Crippen LogP contribution in [0.25, 0.3) is 27.6 Å². The molecule has 0 bridgehead atoms. The first-order valence-corrected chi connectivity index (χ1v) is 15.2. The number of ether oxygens (including phenoxy) is 1. The predicted molar refractivity (Wildman–Crippen MR) is 185 cm³/mol. The van der Waals surface area contributed by atoms with Gasteiger partial charge in [-0.1, -0.05) is 69.8 Å². The van der Waals surface area contributed by atoms with Gasteiger partial charge in [0.1, 0.15) is 11.5 Å². The molecule has 7 aromatic rings. The minimum Gasteiger partial charge on any atom is -0.458 e. The molecule has 7 rings (SSSR count). The lowest BCUT2D eigenvalue weighted by molar-refractivity contribution is -0.674. The van der Waals surface area contributed by atoms with E-state index in [4.69, 9.17) is 13.8 Å². The van der Waals surface area contributed by atoms with E-state index in [1.165, 1.54) is 50.5 Å². The Hall–Kier alpha value is -5.10. The van der Waals surface area contributed by atoms with Gasteiger partial charge in [-0.25, -0.2) is 0 Å². The third kappa shape index (κ3) is 5.10. The van der Waals surface area contributed by atoms with Crippen LogP contribution >= 0.6 is 0 Å². The molecule has 0 saturated carbocycles. The smallest absolute Gasteiger partial charge is 0.329 e. The fourth-order valence-electron chi connectivity index (χ4n) is 7.13. The fourth-order valence-corrected chi connectivity index (χ4v) is 7.13. The summed E-state index contributed by atoms with van der Waals surface area (Å²) >= 11 is 0. The van der Waals surface area contributed by atoms with Crippen LogP contribution in [0.3, 0.4) is 0 Å². The molecule has 0 amide bonds. The molecule has 4 aromatic carbocycles. The van der Waals surface area contributed by atoms with Gasteiger partial charge in [0.15, 0.2) is 0 Å². The zero-order valence-corrected chi connectivity index (χ0v) is 26.5. The van der Waals surface area contributed by atoms with Crippen molar-refractivity contribution >= 4 is 39.7 Å². The number of nitrogens with zero attached hydrogens (tertiary/aromatic N) is 4. The van der Waals surface area contributed by atoms with Crippen LogP contribution in [0.4, 0.5) is 0 Å². The molecule has 0 aliphatic carbocycles. The van der Waals surface area contributed by atoms with Crippen LogP contribution in [0.15, 0.2) is 97.5 Å². The molecular formula is C39H37BN4O. The monoisotopic (exact) mass is 591 g/mol. The lowest BCUT2D eigenvalue weighted by Crippen LogP contribution is -2.53. The minimum atomic E-state index is -2.30. The molecule has 0 fully saturated rings. The SMILES string of the molecule is [2H]C([2H])([2H])[n+]1[c-]n(-c2cccc(Oc3ccc4c(c3)c3ncccc3n4B(c3c(C)cc(C)cc3C)c3c(C)cc(C)cc3C)c2)cc1. The van der Waals surface area contributed by atoms with Crippen molar-refractivity contribution < 1.29 is 13.4 Å². The number of aromatic nitrogens is 4. The topological polar surface area (TPSA) is 35.9 Å². The van der Waals surface area contributed by atoms with Gasteiger partial charge in [-0.05, 0) is 94.9 Å². The molecule has 3 heterocycles. The summed E-state index contributed by atoms with van der Waals surface area (Å²) < 4.78 is 34.6. The predicted octanol–water partition coefficient (Wildman–Crippen LogP) is 6.90. The number of hydrogen-bond acceptors (Lipinski definition) is 2. The lowest BCUT2D eigenvalue weighted by Gasteiger charge is -2.26. The highest BCUT2D eigenvalue weighted by atomic mass is 16.5. The number of aryl methyl sites for hydroxylation is 7. The highest BCUT2D eigenvalue weighted by Crippen LogP contribution is 2.33. The van der Waals surface area contributed by atoms with Crippen molar-refractivity contribution in [3.05, 3.63) is 137 Å². The number of hydrogen-bond donors (Lipinski definition) is 0. The van der Waals surface area contributed by atoms with Crippen LogP contribution < -0.4 is 20.2 Å². The van der Waals surface area contributed by atoms with Gasteiger partial charge >= 0.3 is 6.85 Å². The summed E-state index contributed by atoms with van der Waals surface area (Å²) in [6.07, 6.45) is 7.88. The molecule has 0 spiro atoms. The van der Waals surface area contributed by atoms with Crippen molar-refractivity contribution in [3.63, 3.8) is 0 Å². The average molecular weight is 592 g/mol. The van der Waals surface area contributed by atoms with Gasteiger partial charge in [-0.15, -0.1) is 0 Å². The molecule has 222 valence electrons. The lowest BCUT2D eigenvalue weighted by atomic mass is 9.46. The molecule has 45 heavy (non-hydrogen) atoms. The van der Waals surface area contributed by atoms with Crippen molar-refractivity contribution in [2.75, 3.05) is 0 Å². The standard InChI is InChI=1S/C39H37BN4O/c1-25-18-27(3)37(28(4)19-25)40(38-29(5)20-26(2)21-30(38)6)44-35-14-13-33(23-34(35)39-36(44)12-9-15-41-39)45-32-11-8-10-31(22-32)43-17-16-42(7)24-43/h8-23H,1-7H3/i7D3. The maximum atomic E-state index is 7.67. The molecule has 0 radical (unpaired) electrons. The van der Waals surface area contributed by atoms with Gasteiger partial charge in [-0.3, -0.25) is 4.98 Å². The summed E-state index contributed by atoms with van der Waals surface area (Å²) in [5.41, 5.74) is 14.0. The first kappa shape index (κ1) is 25.3. The maximum Gasteiger partial charge on any atom is 0.329 e. The summed E-state index contributed by atoms with van der Waals surface area (Å²) in [6.45, 7) is 10.8. The number of imidazole rings is 1. The first-order chi connectivity index (χ1) is 22.9. The van der Waals surface area contributed by atoms with Crippen molar-refractivity contribution in [2.45, 2.75) is 41.5 Å². The fraction of sp³-hybridized carbons (Fsp3) is 0.179. The van der Waals surface area contributed by atoms with E-state index >= 15 is 0 Å². The van der Waals surface area contributed by atoms with E-state index in [1.807, 2.05) is 42.6 Å². The Balaban J connectivity index is 1.38. The minimum absolute atomic E-state index is 0.0747. The molecule has 5 nitrogen and oxygen atoms in total. The van der Waals surface area contributed by atoms with Gasteiger partial charge in [0.05, 0.1) is 27.8 Å². The Kier molecular flexibility index (Phi) is 6.24. The Bertz CT molecular complexity index is 2250. The molecule has 0 N–H and O–H groups in total. The van der Waals surface area contributed by atoms with Crippen LogP contribution in [-0.4, -0.2) is 20.9 Å². The zero-order chi connectivity index (χ0) is 33.9. The second kappa shape index (κ2) is 11.1. The zero-order valence-electron chi connectivity index (χ0n) is 29.5. The Morgan fingerprint density at radius 1 is 0.756 bits per heavy atom. The van der Waals surface area contributed by atoms with E-state index in [1.54, 1.807) is 10.8 Å². The molecule has 0 aliphatic heterocycles. The van der Waals surface area contributed by atoms with Gasteiger partial charge in [-0.2, -0.15) is 0 Å². The summed E-state index contributed by atoms with van der Waals surface area (Å²) in [5, 5.41) is 1.01. The summed E-state index contributed by atoms with van der Waals surface area (Å²) in [4.78, 5) is 4.91. The molecule has 0 saturated heterocycles. The largest absolute Gasteiger partial charge is 0.458 e. The Morgan fingerprint density at radius 3 is 2.07 bits per heavy atom. The highest BCUT2D eigenvalue weighted by Gasteiger charge is 2.32. The van der Waals surface area contributed by atoms with E-state index in [0.717, 1.165) is 32.2 Å². The molecule has 6 heteroatoms. The molecular weight excluding hydrogens is 551 g/mol. The third-order valence-electron chi connectivity index (χ3n) is 8.72. The average Bonchev–Trinajstić information content (AvgIpc) is 3.64. The number of pyridine rings is 1. The Morgan fingerprint density at radius 2 is 1.42 bits per heavy atom. The van der Waals surface area contributed by atoms with E-state index in [0.29, 0.717) is 11.5 Å². The van der Waals surface area contributed by atoms with Gasteiger partial charge in [0, 0.05) is 29.5 Å². The van der Waals surface area contributed by atoms with E-state index in [-0.39, 0.29) is 6.85 Å². The quantitative estimate of drug-likeness (QED) is 0.120. The molecule has 3 aromatic heterocycles. The van der Waals surface area contributed by atoms with Crippen molar-refractivity contribution in [1.29, 1.82) is 0 Å². The molecule has 0 unspecified atom stereocenters. The molecule has 0 aliphatic rings. The second-order valence-electron chi connectivity index (χ2n) is 12.2. The summed E-state index contributed by atoms with van der Waals surface area (Å²) in [5.74, 6) is 1.31. The Labute approximate surface area is 269 Å². The van der Waals surface area contributed by atoms with Gasteiger partial charge in [0.25, 0.3) is 0 Å². The third-order valence-corrected chi connectivity index (χ3v) is 8.72. The maximum absolute atomic E-state index is 7.67. The van der Waals surface area contributed by atoms with E-state index in [2.05, 4.69) is 94.8 Å². The van der Waals surface area contributed by atoms with Crippen molar-refractivity contribution in [1.82, 2.24) is 14.0 Å². The highest BCUT2D eigenvalue weighted by molar-refractivity contribution is 6.86. The van der Waals surface area contributed by atoms with Crippen molar-refractivity contribution in [2.24, 2.45) is 6.98 Å². The summed E-state index contributed by atoms with van der Waals surface area (Å²) in [7, 11) is 0. The van der Waals surface area contributed by atoms with E-state index in [9.17, 15) is 0 Å².